The SMILES string of the molecule is Cc1ccc(C)c(CN2C[C@@]34C=C[C@@H](O3)C(C(=O)N(C)Cc3ncc[nH]3)C4C2=O)c1. The number of imidazole rings is 1. The summed E-state index contributed by atoms with van der Waals surface area (Å²) in [6.07, 6.45) is 7.01. The summed E-state index contributed by atoms with van der Waals surface area (Å²) in [5, 5.41) is 0. The predicted molar refractivity (Wildman–Crippen MR) is 110 cm³/mol. The Morgan fingerprint density at radius 1 is 1.40 bits per heavy atom. The molecule has 30 heavy (non-hydrogen) atoms. The topological polar surface area (TPSA) is 78.5 Å². The van der Waals surface area contributed by atoms with Gasteiger partial charge in [-0.15, -0.1) is 0 Å². The van der Waals surface area contributed by atoms with E-state index >= 15 is 0 Å². The van der Waals surface area contributed by atoms with Crippen molar-refractivity contribution in [3.63, 3.8) is 0 Å². The molecule has 3 aliphatic rings. The summed E-state index contributed by atoms with van der Waals surface area (Å²) in [5.74, 6) is -0.313. The molecule has 1 N–H and O–H groups in total. The highest BCUT2D eigenvalue weighted by atomic mass is 16.5. The van der Waals surface area contributed by atoms with Crippen molar-refractivity contribution in [3.8, 4) is 0 Å². The number of H-pyrrole nitrogens is 1. The second-order valence-corrected chi connectivity index (χ2v) is 8.75. The number of aromatic amines is 1. The van der Waals surface area contributed by atoms with Crippen molar-refractivity contribution in [2.45, 2.75) is 38.6 Å². The lowest BCUT2D eigenvalue weighted by Gasteiger charge is -2.27. The second kappa shape index (κ2) is 6.80. The number of nitrogens with zero attached hydrogens (tertiary/aromatic N) is 3. The maximum atomic E-state index is 13.4. The molecule has 1 aromatic heterocycles. The predicted octanol–water partition coefficient (Wildman–Crippen LogP) is 1.97. The van der Waals surface area contributed by atoms with E-state index in [1.165, 1.54) is 5.56 Å². The number of ether oxygens (including phenoxy) is 1. The minimum atomic E-state index is -0.689. The Morgan fingerprint density at radius 3 is 3.00 bits per heavy atom. The molecule has 4 heterocycles. The molecular weight excluding hydrogens is 380 g/mol. The number of aromatic nitrogens is 2. The number of fused-ring (bicyclic) bond motifs is 1. The number of likely N-dealkylation sites (tertiary alicyclic amines) is 1. The van der Waals surface area contributed by atoms with Gasteiger partial charge in [0.2, 0.25) is 11.8 Å². The highest BCUT2D eigenvalue weighted by Crippen LogP contribution is 2.52. The van der Waals surface area contributed by atoms with Gasteiger partial charge in [-0.2, -0.15) is 0 Å². The smallest absolute Gasteiger partial charge is 0.230 e. The molecule has 5 rings (SSSR count). The highest BCUT2D eigenvalue weighted by Gasteiger charge is 2.67. The maximum Gasteiger partial charge on any atom is 0.230 e. The van der Waals surface area contributed by atoms with Crippen LogP contribution in [0.1, 0.15) is 22.5 Å². The molecule has 3 aliphatic heterocycles. The van der Waals surface area contributed by atoms with Crippen molar-refractivity contribution in [3.05, 3.63) is 65.3 Å². The molecular formula is C23H26N4O3. The van der Waals surface area contributed by atoms with Crippen molar-refractivity contribution >= 4 is 11.8 Å². The zero-order valence-electron chi connectivity index (χ0n) is 17.5. The Labute approximate surface area is 175 Å². The molecule has 2 fully saturated rings. The normalized spacial score (nSPS) is 29.0. The van der Waals surface area contributed by atoms with Crippen molar-refractivity contribution in [2.24, 2.45) is 11.8 Å². The van der Waals surface area contributed by atoms with Gasteiger partial charge >= 0.3 is 0 Å². The Bertz CT molecular complexity index is 1030. The maximum absolute atomic E-state index is 13.4. The zero-order chi connectivity index (χ0) is 21.0. The molecule has 4 atom stereocenters. The molecule has 0 saturated carbocycles. The van der Waals surface area contributed by atoms with Crippen LogP contribution in [0, 0.1) is 25.7 Å². The number of rotatable bonds is 5. The molecule has 7 nitrogen and oxygen atoms in total. The van der Waals surface area contributed by atoms with E-state index in [9.17, 15) is 9.59 Å². The lowest BCUT2D eigenvalue weighted by atomic mass is 9.76. The fourth-order valence-corrected chi connectivity index (χ4v) is 5.11. The molecule has 2 bridgehead atoms. The molecule has 2 saturated heterocycles. The van der Waals surface area contributed by atoms with Crippen LogP contribution in [0.3, 0.4) is 0 Å². The average Bonchev–Trinajstić information content (AvgIpc) is 3.47. The Kier molecular flexibility index (Phi) is 4.32. The second-order valence-electron chi connectivity index (χ2n) is 8.75. The molecule has 2 unspecified atom stereocenters. The molecule has 156 valence electrons. The van der Waals surface area contributed by atoms with Gasteiger partial charge in [0.15, 0.2) is 0 Å². The number of benzene rings is 1. The lowest BCUT2D eigenvalue weighted by molar-refractivity contribution is -0.143. The summed E-state index contributed by atoms with van der Waals surface area (Å²) in [6.45, 7) is 5.52. The van der Waals surface area contributed by atoms with E-state index in [-0.39, 0.29) is 17.9 Å². The third-order valence-corrected chi connectivity index (χ3v) is 6.65. The van der Waals surface area contributed by atoms with Gasteiger partial charge in [0.05, 0.1) is 31.0 Å². The number of hydrogen-bond acceptors (Lipinski definition) is 4. The van der Waals surface area contributed by atoms with E-state index in [4.69, 9.17) is 4.74 Å². The first-order chi connectivity index (χ1) is 14.4. The average molecular weight is 406 g/mol. The van der Waals surface area contributed by atoms with Crippen LogP contribution in [0.25, 0.3) is 0 Å². The van der Waals surface area contributed by atoms with Crippen molar-refractivity contribution in [1.29, 1.82) is 0 Å². The minimum absolute atomic E-state index is 0.00695. The molecule has 0 radical (unpaired) electrons. The fraction of sp³-hybridized carbons (Fsp3) is 0.435. The van der Waals surface area contributed by atoms with Gasteiger partial charge in [-0.25, -0.2) is 4.98 Å². The molecule has 1 aromatic carbocycles. The van der Waals surface area contributed by atoms with Crippen LogP contribution < -0.4 is 0 Å². The summed E-state index contributed by atoms with van der Waals surface area (Å²) >= 11 is 0. The highest BCUT2D eigenvalue weighted by molar-refractivity contribution is 5.93. The van der Waals surface area contributed by atoms with Gasteiger partial charge in [-0.05, 0) is 25.0 Å². The third-order valence-electron chi connectivity index (χ3n) is 6.65. The summed E-state index contributed by atoms with van der Waals surface area (Å²) in [5.41, 5.74) is 2.78. The van der Waals surface area contributed by atoms with Crippen molar-refractivity contribution < 1.29 is 14.3 Å². The Hall–Kier alpha value is -2.93. The minimum Gasteiger partial charge on any atom is -0.360 e. The van der Waals surface area contributed by atoms with Crippen LogP contribution in [0.15, 0.2) is 42.7 Å². The number of amides is 2. The largest absolute Gasteiger partial charge is 0.360 e. The molecule has 7 heteroatoms. The zero-order valence-corrected chi connectivity index (χ0v) is 17.5. The third kappa shape index (κ3) is 2.88. The van der Waals surface area contributed by atoms with E-state index in [1.54, 1.807) is 24.3 Å². The molecule has 1 spiro atoms. The van der Waals surface area contributed by atoms with Gasteiger partial charge in [-0.1, -0.05) is 35.9 Å². The Balaban J connectivity index is 1.38. The first-order valence-corrected chi connectivity index (χ1v) is 10.3. The summed E-state index contributed by atoms with van der Waals surface area (Å²) in [6, 6.07) is 6.29. The summed E-state index contributed by atoms with van der Waals surface area (Å²) in [4.78, 5) is 37.5. The van der Waals surface area contributed by atoms with Crippen LogP contribution >= 0.6 is 0 Å². The molecule has 2 aromatic rings. The monoisotopic (exact) mass is 406 g/mol. The van der Waals surface area contributed by atoms with Gasteiger partial charge in [0.1, 0.15) is 11.4 Å². The lowest BCUT2D eigenvalue weighted by Crippen LogP contribution is -2.44. The van der Waals surface area contributed by atoms with Crippen LogP contribution in [-0.4, -0.2) is 56.9 Å². The standard InChI is InChI=1S/C23H26N4O3/c1-14-4-5-15(2)16(10-14)11-27-13-23-7-6-17(30-23)19(20(23)22(27)29)21(28)26(3)12-18-24-8-9-25-18/h4-10,17,19-20H,11-13H2,1-3H3,(H,24,25)/t17-,19?,20?,23-/m1/s1. The van der Waals surface area contributed by atoms with Crippen molar-refractivity contribution in [2.75, 3.05) is 13.6 Å². The van der Waals surface area contributed by atoms with E-state index in [0.29, 0.717) is 19.6 Å². The van der Waals surface area contributed by atoms with E-state index in [0.717, 1.165) is 17.0 Å². The van der Waals surface area contributed by atoms with E-state index in [2.05, 4.69) is 42.0 Å². The fourth-order valence-electron chi connectivity index (χ4n) is 5.11. The first kappa shape index (κ1) is 19.1. The summed E-state index contributed by atoms with van der Waals surface area (Å²) < 4.78 is 6.25. The van der Waals surface area contributed by atoms with Gasteiger partial charge < -0.3 is 19.5 Å². The van der Waals surface area contributed by atoms with Crippen LogP contribution in [0.4, 0.5) is 0 Å². The van der Waals surface area contributed by atoms with Gasteiger partial charge in [0, 0.05) is 26.0 Å². The number of nitrogens with one attached hydrogen (secondary N) is 1. The number of hydrogen-bond donors (Lipinski definition) is 1. The van der Waals surface area contributed by atoms with Crippen LogP contribution in [0.2, 0.25) is 0 Å². The van der Waals surface area contributed by atoms with Gasteiger partial charge in [0.25, 0.3) is 0 Å². The summed E-state index contributed by atoms with van der Waals surface area (Å²) in [7, 11) is 1.75. The first-order valence-electron chi connectivity index (χ1n) is 10.3. The molecule has 2 amide bonds. The number of carbonyl (C=O) groups is 2. The van der Waals surface area contributed by atoms with Crippen LogP contribution in [0.5, 0.6) is 0 Å². The van der Waals surface area contributed by atoms with Crippen molar-refractivity contribution in [1.82, 2.24) is 19.8 Å². The Morgan fingerprint density at radius 2 is 2.23 bits per heavy atom. The number of aryl methyl sites for hydroxylation is 2. The van der Waals surface area contributed by atoms with Crippen LogP contribution in [-0.2, 0) is 27.4 Å². The van der Waals surface area contributed by atoms with Gasteiger partial charge in [-0.3, -0.25) is 9.59 Å². The quantitative estimate of drug-likeness (QED) is 0.770. The van der Waals surface area contributed by atoms with E-state index in [1.807, 2.05) is 17.1 Å². The number of carbonyl (C=O) groups excluding carboxylic acids is 2. The van der Waals surface area contributed by atoms with E-state index < -0.39 is 17.4 Å². The molecule has 0 aliphatic carbocycles.